The number of ether oxygens (including phenoxy) is 1. The van der Waals surface area contributed by atoms with Gasteiger partial charge in [-0.25, -0.2) is 4.98 Å². The number of carbonyl (C=O) groups excluding carboxylic acids is 1. The van der Waals surface area contributed by atoms with Crippen LogP contribution in [0.3, 0.4) is 0 Å². The normalized spacial score (nSPS) is 22.9. The summed E-state index contributed by atoms with van der Waals surface area (Å²) < 4.78 is 6.12. The van der Waals surface area contributed by atoms with E-state index in [1.54, 1.807) is 12.1 Å². The fourth-order valence-corrected chi connectivity index (χ4v) is 5.09. The van der Waals surface area contributed by atoms with E-state index in [0.717, 1.165) is 56.6 Å². The SMILES string of the molecule is C[C@@H]1CCN(c2ccc(C=O)c(CN(C)[C@H]3CC[C@H](Oc4ccc(C#N)c(Cl)c4)CC3)n2)C1. The van der Waals surface area contributed by atoms with Gasteiger partial charge in [0.1, 0.15) is 17.6 Å². The highest BCUT2D eigenvalue weighted by Gasteiger charge is 2.27. The number of carbonyl (C=O) groups is 1. The standard InChI is InChI=1S/C26H31ClN4O2/c1-18-11-12-31(15-18)26-10-4-20(17-32)25(29-26)16-30(2)21-5-8-22(9-6-21)33-23-7-3-19(14-28)24(27)13-23/h3-4,7,10,13,17-18,21-22H,5-6,8-9,11-12,15-16H2,1-2H3/t18-,21-,22-/m1/s1. The molecule has 0 unspecified atom stereocenters. The van der Waals surface area contributed by atoms with E-state index in [1.807, 2.05) is 18.2 Å². The fraction of sp³-hybridized carbons (Fsp3) is 0.500. The van der Waals surface area contributed by atoms with Crippen LogP contribution >= 0.6 is 11.6 Å². The summed E-state index contributed by atoms with van der Waals surface area (Å²) in [5, 5.41) is 9.45. The van der Waals surface area contributed by atoms with Gasteiger partial charge in [-0.05, 0) is 69.3 Å². The van der Waals surface area contributed by atoms with Gasteiger partial charge in [0.2, 0.25) is 0 Å². The van der Waals surface area contributed by atoms with Crippen molar-refractivity contribution in [2.45, 2.75) is 57.7 Å². The van der Waals surface area contributed by atoms with Gasteiger partial charge in [0.25, 0.3) is 0 Å². The van der Waals surface area contributed by atoms with Gasteiger partial charge in [0, 0.05) is 37.3 Å². The third-order valence-corrected chi connectivity index (χ3v) is 7.21. The Kier molecular flexibility index (Phi) is 7.52. The fourth-order valence-electron chi connectivity index (χ4n) is 4.88. The van der Waals surface area contributed by atoms with E-state index >= 15 is 0 Å². The van der Waals surface area contributed by atoms with Crippen LogP contribution in [0, 0.1) is 17.2 Å². The second kappa shape index (κ2) is 10.5. The predicted molar refractivity (Wildman–Crippen MR) is 130 cm³/mol. The van der Waals surface area contributed by atoms with Crippen molar-refractivity contribution in [3.8, 4) is 11.8 Å². The van der Waals surface area contributed by atoms with Crippen molar-refractivity contribution in [3.63, 3.8) is 0 Å². The van der Waals surface area contributed by atoms with E-state index in [4.69, 9.17) is 26.6 Å². The van der Waals surface area contributed by atoms with Crippen LogP contribution in [0.25, 0.3) is 0 Å². The molecule has 0 radical (unpaired) electrons. The maximum Gasteiger partial charge on any atom is 0.151 e. The van der Waals surface area contributed by atoms with E-state index in [2.05, 4.69) is 29.8 Å². The van der Waals surface area contributed by atoms with Crippen LogP contribution in [0.1, 0.15) is 60.6 Å². The molecular formula is C26H31ClN4O2. The maximum atomic E-state index is 11.6. The monoisotopic (exact) mass is 466 g/mol. The number of rotatable bonds is 7. The van der Waals surface area contributed by atoms with Gasteiger partial charge in [-0.1, -0.05) is 18.5 Å². The van der Waals surface area contributed by atoms with Crippen molar-refractivity contribution in [3.05, 3.63) is 52.2 Å². The lowest BCUT2D eigenvalue weighted by atomic mass is 9.92. The Hall–Kier alpha value is -2.62. The maximum absolute atomic E-state index is 11.6. The molecule has 0 amide bonds. The number of anilines is 1. The second-order valence-electron chi connectivity index (χ2n) is 9.38. The zero-order valence-corrected chi connectivity index (χ0v) is 20.1. The number of aromatic nitrogens is 1. The predicted octanol–water partition coefficient (Wildman–Crippen LogP) is 5.09. The number of nitrogens with zero attached hydrogens (tertiary/aromatic N) is 4. The first-order chi connectivity index (χ1) is 16.0. The minimum absolute atomic E-state index is 0.141. The third-order valence-electron chi connectivity index (χ3n) is 6.90. The first-order valence-corrected chi connectivity index (χ1v) is 12.1. The van der Waals surface area contributed by atoms with Gasteiger partial charge in [0.05, 0.1) is 22.4 Å². The van der Waals surface area contributed by atoms with Crippen LogP contribution in [0.2, 0.25) is 5.02 Å². The van der Waals surface area contributed by atoms with Crippen molar-refractivity contribution < 1.29 is 9.53 Å². The van der Waals surface area contributed by atoms with Crippen LogP contribution in [0.4, 0.5) is 5.82 Å². The zero-order valence-electron chi connectivity index (χ0n) is 19.3. The molecule has 4 rings (SSSR count). The van der Waals surface area contributed by atoms with Crippen LogP contribution in [0.5, 0.6) is 5.75 Å². The highest BCUT2D eigenvalue weighted by Crippen LogP contribution is 2.30. The third kappa shape index (κ3) is 5.66. The lowest BCUT2D eigenvalue weighted by Crippen LogP contribution is -2.37. The summed E-state index contributed by atoms with van der Waals surface area (Å²) >= 11 is 6.13. The highest BCUT2D eigenvalue weighted by molar-refractivity contribution is 6.31. The van der Waals surface area contributed by atoms with Gasteiger partial charge < -0.3 is 9.64 Å². The Balaban J connectivity index is 1.34. The number of hydrogen-bond acceptors (Lipinski definition) is 6. The Morgan fingerprint density at radius 2 is 2.03 bits per heavy atom. The summed E-state index contributed by atoms with van der Waals surface area (Å²) in [6.07, 6.45) is 6.18. The van der Waals surface area contributed by atoms with Crippen LogP contribution in [-0.2, 0) is 6.54 Å². The molecule has 0 N–H and O–H groups in total. The van der Waals surface area contributed by atoms with Crippen molar-refractivity contribution in [1.82, 2.24) is 9.88 Å². The lowest BCUT2D eigenvalue weighted by molar-refractivity contribution is 0.0969. The smallest absolute Gasteiger partial charge is 0.151 e. The van der Waals surface area contributed by atoms with Crippen molar-refractivity contribution >= 4 is 23.7 Å². The molecule has 174 valence electrons. The molecule has 2 fully saturated rings. The lowest BCUT2D eigenvalue weighted by Gasteiger charge is -2.35. The quantitative estimate of drug-likeness (QED) is 0.529. The molecule has 7 heteroatoms. The molecule has 1 saturated carbocycles. The van der Waals surface area contributed by atoms with E-state index in [0.29, 0.717) is 40.4 Å². The summed E-state index contributed by atoms with van der Waals surface area (Å²) in [5.41, 5.74) is 1.99. The molecule has 1 saturated heterocycles. The number of nitriles is 1. The molecule has 1 aliphatic heterocycles. The molecule has 1 aromatic carbocycles. The molecule has 1 aromatic heterocycles. The van der Waals surface area contributed by atoms with Crippen LogP contribution in [-0.4, -0.2) is 48.5 Å². The van der Waals surface area contributed by atoms with Gasteiger partial charge in [0.15, 0.2) is 6.29 Å². The Bertz CT molecular complexity index is 1030. The summed E-state index contributed by atoms with van der Waals surface area (Å²) in [5.74, 6) is 2.37. The molecule has 0 bridgehead atoms. The van der Waals surface area contributed by atoms with Crippen LogP contribution < -0.4 is 9.64 Å². The van der Waals surface area contributed by atoms with E-state index < -0.39 is 0 Å². The topological polar surface area (TPSA) is 69.5 Å². The molecular weight excluding hydrogens is 436 g/mol. The van der Waals surface area contributed by atoms with Gasteiger partial charge in [-0.2, -0.15) is 5.26 Å². The Labute approximate surface area is 201 Å². The Morgan fingerprint density at radius 3 is 2.67 bits per heavy atom. The molecule has 2 aliphatic rings. The Morgan fingerprint density at radius 1 is 1.24 bits per heavy atom. The summed E-state index contributed by atoms with van der Waals surface area (Å²) in [7, 11) is 2.12. The minimum atomic E-state index is 0.141. The molecule has 1 atom stereocenters. The number of pyridine rings is 1. The van der Waals surface area contributed by atoms with Crippen LogP contribution in [0.15, 0.2) is 30.3 Å². The summed E-state index contributed by atoms with van der Waals surface area (Å²) in [6.45, 7) is 4.98. The van der Waals surface area contributed by atoms with Gasteiger partial charge in [-0.15, -0.1) is 0 Å². The molecule has 6 nitrogen and oxygen atoms in total. The zero-order chi connectivity index (χ0) is 23.4. The van der Waals surface area contributed by atoms with Crippen molar-refractivity contribution in [2.24, 2.45) is 5.92 Å². The molecule has 2 aromatic rings. The number of hydrogen-bond donors (Lipinski definition) is 0. The highest BCUT2D eigenvalue weighted by atomic mass is 35.5. The van der Waals surface area contributed by atoms with Gasteiger partial charge in [-0.3, -0.25) is 9.69 Å². The molecule has 2 heterocycles. The number of halogens is 1. The van der Waals surface area contributed by atoms with Gasteiger partial charge >= 0.3 is 0 Å². The van der Waals surface area contributed by atoms with E-state index in [-0.39, 0.29) is 6.10 Å². The largest absolute Gasteiger partial charge is 0.490 e. The van der Waals surface area contributed by atoms with E-state index in [9.17, 15) is 4.79 Å². The summed E-state index contributed by atoms with van der Waals surface area (Å²) in [4.78, 5) is 21.2. The number of benzene rings is 1. The summed E-state index contributed by atoms with van der Waals surface area (Å²) in [6, 6.07) is 11.6. The second-order valence-corrected chi connectivity index (χ2v) is 9.79. The van der Waals surface area contributed by atoms with Crippen molar-refractivity contribution in [2.75, 3.05) is 25.0 Å². The molecule has 1 aliphatic carbocycles. The minimum Gasteiger partial charge on any atom is -0.490 e. The average molecular weight is 467 g/mol. The first kappa shape index (κ1) is 23.5. The molecule has 0 spiro atoms. The van der Waals surface area contributed by atoms with E-state index in [1.165, 1.54) is 6.42 Å². The average Bonchev–Trinajstić information content (AvgIpc) is 3.26. The molecule has 33 heavy (non-hydrogen) atoms. The number of aldehydes is 1. The van der Waals surface area contributed by atoms with Crippen molar-refractivity contribution in [1.29, 1.82) is 5.26 Å². The first-order valence-electron chi connectivity index (χ1n) is 11.7.